The van der Waals surface area contributed by atoms with Crippen LogP contribution in [0, 0.1) is 0 Å². The van der Waals surface area contributed by atoms with Gasteiger partial charge in [0.05, 0.1) is 6.61 Å². The molecule has 0 saturated heterocycles. The Bertz CT molecular complexity index is 1580. The zero-order valence-corrected chi connectivity index (χ0v) is 23.5. The predicted octanol–water partition coefficient (Wildman–Crippen LogP) is 6.14. The van der Waals surface area contributed by atoms with E-state index in [0.717, 1.165) is 33.4 Å². The minimum atomic E-state index is -1.19. The summed E-state index contributed by atoms with van der Waals surface area (Å²) in [6.45, 7) is 5.34. The Kier molecular flexibility index (Phi) is 7.89. The number of aliphatic hydroxyl groups excluding tert-OH is 1. The van der Waals surface area contributed by atoms with E-state index in [1.54, 1.807) is 6.08 Å². The molecule has 0 radical (unpaired) electrons. The third-order valence-corrected chi connectivity index (χ3v) is 7.90. The van der Waals surface area contributed by atoms with Gasteiger partial charge >= 0.3 is 0 Å². The van der Waals surface area contributed by atoms with Gasteiger partial charge in [-0.1, -0.05) is 84.9 Å². The Morgan fingerprint density at radius 3 is 2.29 bits per heavy atom. The molecule has 0 fully saturated rings. The molecule has 42 heavy (non-hydrogen) atoms. The molecule has 2 aliphatic heterocycles. The standard InChI is InChI=1S/C36H34N2O4/c1-2-21-38-25-31-12-7-6-11-30(31)24-36(35(38)40)33(28-15-13-27(14-16-28)26-9-4-3-5-10-26)42-34(37-36)29-17-19-32(20-18-29)41-23-8-22-39/h2-7,9-20,33,39H,1,8,21-25H2/t33-,36-/m0/s1. The van der Waals surface area contributed by atoms with E-state index in [0.29, 0.717) is 44.2 Å². The summed E-state index contributed by atoms with van der Waals surface area (Å²) in [6.07, 6.45) is 2.13. The van der Waals surface area contributed by atoms with Crippen LogP contribution >= 0.6 is 0 Å². The van der Waals surface area contributed by atoms with Gasteiger partial charge in [-0.15, -0.1) is 6.58 Å². The maximum atomic E-state index is 14.5. The second kappa shape index (κ2) is 12.0. The molecule has 1 spiro atoms. The van der Waals surface area contributed by atoms with Crippen molar-refractivity contribution in [1.29, 1.82) is 0 Å². The van der Waals surface area contributed by atoms with Crippen LogP contribution < -0.4 is 4.74 Å². The minimum Gasteiger partial charge on any atom is -0.494 e. The van der Waals surface area contributed by atoms with E-state index in [4.69, 9.17) is 19.6 Å². The minimum absolute atomic E-state index is 0.0744. The highest BCUT2D eigenvalue weighted by Gasteiger charge is 2.55. The molecule has 2 atom stereocenters. The highest BCUT2D eigenvalue weighted by Crippen LogP contribution is 2.45. The summed E-state index contributed by atoms with van der Waals surface area (Å²) < 4.78 is 12.4. The quantitative estimate of drug-likeness (QED) is 0.198. The van der Waals surface area contributed by atoms with E-state index in [1.807, 2.05) is 71.6 Å². The van der Waals surface area contributed by atoms with Gasteiger partial charge in [-0.3, -0.25) is 4.79 Å². The molecule has 0 aliphatic carbocycles. The monoisotopic (exact) mass is 558 g/mol. The molecule has 1 N–H and O–H groups in total. The maximum absolute atomic E-state index is 14.5. The van der Waals surface area contributed by atoms with Gasteiger partial charge in [-0.2, -0.15) is 0 Å². The lowest BCUT2D eigenvalue weighted by molar-refractivity contribution is -0.139. The third-order valence-electron chi connectivity index (χ3n) is 7.90. The number of nitrogens with zero attached hydrogens (tertiary/aromatic N) is 2. The molecule has 6 heteroatoms. The summed E-state index contributed by atoms with van der Waals surface area (Å²) in [5.74, 6) is 1.06. The van der Waals surface area contributed by atoms with E-state index >= 15 is 0 Å². The van der Waals surface area contributed by atoms with Crippen molar-refractivity contribution in [1.82, 2.24) is 4.90 Å². The zero-order chi connectivity index (χ0) is 28.9. The van der Waals surface area contributed by atoms with Gasteiger partial charge in [-0.25, -0.2) is 4.99 Å². The molecule has 6 rings (SSSR count). The van der Waals surface area contributed by atoms with E-state index in [2.05, 4.69) is 43.0 Å². The van der Waals surface area contributed by atoms with Crippen LogP contribution in [0.1, 0.15) is 34.8 Å². The smallest absolute Gasteiger partial charge is 0.255 e. The molecule has 2 heterocycles. The van der Waals surface area contributed by atoms with Crippen LogP contribution in [0.25, 0.3) is 11.1 Å². The zero-order valence-electron chi connectivity index (χ0n) is 23.5. The number of hydrogen-bond acceptors (Lipinski definition) is 5. The van der Waals surface area contributed by atoms with Crippen LogP contribution in [-0.4, -0.2) is 47.1 Å². The second-order valence-corrected chi connectivity index (χ2v) is 10.7. The van der Waals surface area contributed by atoms with Crippen molar-refractivity contribution in [3.8, 4) is 16.9 Å². The summed E-state index contributed by atoms with van der Waals surface area (Å²) >= 11 is 0. The van der Waals surface area contributed by atoms with Crippen LogP contribution in [0.3, 0.4) is 0 Å². The number of hydrogen-bond donors (Lipinski definition) is 1. The lowest BCUT2D eigenvalue weighted by Crippen LogP contribution is -2.50. The fourth-order valence-corrected chi connectivity index (χ4v) is 5.78. The van der Waals surface area contributed by atoms with E-state index in [9.17, 15) is 4.79 Å². The number of fused-ring (bicyclic) bond motifs is 1. The Hall–Kier alpha value is -4.68. The van der Waals surface area contributed by atoms with Crippen molar-refractivity contribution >= 4 is 11.8 Å². The number of benzene rings is 4. The topological polar surface area (TPSA) is 71.4 Å². The van der Waals surface area contributed by atoms with Crippen molar-refractivity contribution < 1.29 is 19.4 Å². The summed E-state index contributed by atoms with van der Waals surface area (Å²) in [7, 11) is 0. The van der Waals surface area contributed by atoms with Crippen molar-refractivity contribution in [2.45, 2.75) is 31.0 Å². The summed E-state index contributed by atoms with van der Waals surface area (Å²) in [6, 6.07) is 34.2. The van der Waals surface area contributed by atoms with Gasteiger partial charge < -0.3 is 19.5 Å². The lowest BCUT2D eigenvalue weighted by atomic mass is 9.81. The molecule has 0 aromatic heterocycles. The van der Waals surface area contributed by atoms with Gasteiger partial charge in [0.2, 0.25) is 5.90 Å². The lowest BCUT2D eigenvalue weighted by Gasteiger charge is -2.33. The molecule has 4 aromatic carbocycles. The molecule has 0 bridgehead atoms. The van der Waals surface area contributed by atoms with Gasteiger partial charge in [0, 0.05) is 38.1 Å². The number of aliphatic hydroxyl groups is 1. The number of carbonyl (C=O) groups excluding carboxylic acids is 1. The van der Waals surface area contributed by atoms with Gasteiger partial charge in [0.15, 0.2) is 11.6 Å². The normalized spacial score (nSPS) is 19.5. The maximum Gasteiger partial charge on any atom is 0.255 e. The summed E-state index contributed by atoms with van der Waals surface area (Å²) in [5.41, 5.74) is 4.89. The van der Waals surface area contributed by atoms with Crippen LogP contribution in [-0.2, 0) is 22.5 Å². The number of rotatable bonds is 9. The Balaban J connectivity index is 1.42. The van der Waals surface area contributed by atoms with Gasteiger partial charge in [0.25, 0.3) is 5.91 Å². The van der Waals surface area contributed by atoms with Crippen molar-refractivity contribution in [2.24, 2.45) is 4.99 Å². The van der Waals surface area contributed by atoms with Crippen LogP contribution in [0.5, 0.6) is 5.75 Å². The molecule has 0 unspecified atom stereocenters. The summed E-state index contributed by atoms with van der Waals surface area (Å²) in [4.78, 5) is 21.5. The van der Waals surface area contributed by atoms with E-state index in [1.165, 1.54) is 0 Å². The van der Waals surface area contributed by atoms with Crippen LogP contribution in [0.4, 0.5) is 0 Å². The fourth-order valence-electron chi connectivity index (χ4n) is 5.78. The number of amides is 1. The number of carbonyl (C=O) groups is 1. The first-order chi connectivity index (χ1) is 20.6. The Morgan fingerprint density at radius 2 is 1.57 bits per heavy atom. The Labute approximate surface area is 246 Å². The molecule has 212 valence electrons. The first kappa shape index (κ1) is 27.5. The Morgan fingerprint density at radius 1 is 0.905 bits per heavy atom. The van der Waals surface area contributed by atoms with Crippen LogP contribution in [0.2, 0.25) is 0 Å². The van der Waals surface area contributed by atoms with E-state index in [-0.39, 0.29) is 12.5 Å². The highest BCUT2D eigenvalue weighted by molar-refractivity contribution is 6.01. The van der Waals surface area contributed by atoms with Crippen LogP contribution in [0.15, 0.2) is 121 Å². The molecular formula is C36H34N2O4. The second-order valence-electron chi connectivity index (χ2n) is 10.7. The predicted molar refractivity (Wildman–Crippen MR) is 164 cm³/mol. The first-order valence-corrected chi connectivity index (χ1v) is 14.3. The number of ether oxygens (including phenoxy) is 2. The average Bonchev–Trinajstić information content (AvgIpc) is 3.37. The molecule has 2 aliphatic rings. The largest absolute Gasteiger partial charge is 0.494 e. The molecule has 1 amide bonds. The van der Waals surface area contributed by atoms with Crippen molar-refractivity contribution in [2.75, 3.05) is 19.8 Å². The molecular weight excluding hydrogens is 524 g/mol. The average molecular weight is 559 g/mol. The number of aliphatic imine (C=N–C) groups is 1. The molecule has 0 saturated carbocycles. The van der Waals surface area contributed by atoms with Gasteiger partial charge in [-0.05, 0) is 52.1 Å². The van der Waals surface area contributed by atoms with E-state index < -0.39 is 11.6 Å². The summed E-state index contributed by atoms with van der Waals surface area (Å²) in [5, 5.41) is 9.05. The van der Waals surface area contributed by atoms with Crippen molar-refractivity contribution in [3.63, 3.8) is 0 Å². The van der Waals surface area contributed by atoms with Crippen molar-refractivity contribution in [3.05, 3.63) is 138 Å². The third kappa shape index (κ3) is 5.33. The molecule has 6 nitrogen and oxygen atoms in total. The fraction of sp³-hybridized carbons (Fsp3) is 0.222. The molecule has 4 aromatic rings. The van der Waals surface area contributed by atoms with Gasteiger partial charge in [0.1, 0.15) is 5.75 Å². The first-order valence-electron chi connectivity index (χ1n) is 14.3. The highest BCUT2D eigenvalue weighted by atomic mass is 16.5. The SMILES string of the molecule is C=CCN1Cc2ccccc2C[C@@]2(N=C(c3ccc(OCCCO)cc3)O[C@H]2c2ccc(-c3ccccc3)cc2)C1=O.